The van der Waals surface area contributed by atoms with Crippen molar-refractivity contribution in [2.24, 2.45) is 11.8 Å². The van der Waals surface area contributed by atoms with Crippen LogP contribution in [0, 0.1) is 11.8 Å². The van der Waals surface area contributed by atoms with Crippen molar-refractivity contribution in [1.82, 2.24) is 4.72 Å². The summed E-state index contributed by atoms with van der Waals surface area (Å²) in [7, 11) is -3.69. The first-order valence-electron chi connectivity index (χ1n) is 7.00. The molecule has 1 aliphatic rings. The second-order valence-electron chi connectivity index (χ2n) is 5.39. The number of halogens is 2. The van der Waals surface area contributed by atoms with Gasteiger partial charge in [0.1, 0.15) is 4.90 Å². The van der Waals surface area contributed by atoms with Crippen LogP contribution in [0.4, 0.5) is 0 Å². The van der Waals surface area contributed by atoms with Crippen LogP contribution in [0.5, 0.6) is 0 Å². The van der Waals surface area contributed by atoms with Crippen LogP contribution in [0.15, 0.2) is 23.1 Å². The van der Waals surface area contributed by atoms with Crippen molar-refractivity contribution in [3.8, 4) is 0 Å². The molecule has 0 spiro atoms. The summed E-state index contributed by atoms with van der Waals surface area (Å²) >= 11 is 11.8. The van der Waals surface area contributed by atoms with Crippen LogP contribution < -0.4 is 4.72 Å². The predicted molar refractivity (Wildman–Crippen MR) is 84.2 cm³/mol. The van der Waals surface area contributed by atoms with Gasteiger partial charge in [0.25, 0.3) is 0 Å². The molecule has 1 aliphatic carbocycles. The summed E-state index contributed by atoms with van der Waals surface area (Å²) in [5.74, 6) is 0.327. The molecule has 1 fully saturated rings. The summed E-state index contributed by atoms with van der Waals surface area (Å²) in [4.78, 5) is -0.00646. The van der Waals surface area contributed by atoms with Crippen LogP contribution in [-0.4, -0.2) is 26.7 Å². The largest absolute Gasteiger partial charge is 0.396 e. The lowest BCUT2D eigenvalue weighted by atomic mass is 9.80. The molecule has 1 aromatic rings. The van der Waals surface area contributed by atoms with Crippen molar-refractivity contribution >= 4 is 33.2 Å². The maximum atomic E-state index is 12.3. The van der Waals surface area contributed by atoms with E-state index in [1.165, 1.54) is 6.07 Å². The molecule has 2 unspecified atom stereocenters. The number of aliphatic hydroxyl groups is 1. The Morgan fingerprint density at radius 3 is 2.52 bits per heavy atom. The first-order valence-corrected chi connectivity index (χ1v) is 9.24. The molecule has 2 rings (SSSR count). The minimum Gasteiger partial charge on any atom is -0.396 e. The molecule has 21 heavy (non-hydrogen) atoms. The summed E-state index contributed by atoms with van der Waals surface area (Å²) < 4.78 is 27.2. The molecule has 2 N–H and O–H groups in total. The molecule has 2 atom stereocenters. The number of nitrogens with one attached hydrogen (secondary N) is 1. The van der Waals surface area contributed by atoms with Crippen molar-refractivity contribution in [3.05, 3.63) is 28.2 Å². The SMILES string of the molecule is O=S(=O)(NCC1CCCCC1CO)c1cccc(Cl)c1Cl. The molecule has 1 aromatic carbocycles. The Kier molecular flexibility index (Phi) is 5.91. The van der Waals surface area contributed by atoms with E-state index in [0.29, 0.717) is 6.54 Å². The molecule has 0 aromatic heterocycles. The van der Waals surface area contributed by atoms with Gasteiger partial charge in [0.05, 0.1) is 10.0 Å². The zero-order chi connectivity index (χ0) is 15.5. The highest BCUT2D eigenvalue weighted by molar-refractivity contribution is 7.89. The van der Waals surface area contributed by atoms with Crippen molar-refractivity contribution in [2.45, 2.75) is 30.6 Å². The fourth-order valence-corrected chi connectivity index (χ4v) is 4.63. The zero-order valence-electron chi connectivity index (χ0n) is 11.6. The van der Waals surface area contributed by atoms with Gasteiger partial charge < -0.3 is 5.11 Å². The van der Waals surface area contributed by atoms with Gasteiger partial charge in [-0.2, -0.15) is 0 Å². The van der Waals surface area contributed by atoms with Gasteiger partial charge in [0.15, 0.2) is 0 Å². The minimum absolute atomic E-state index is 0.00646. The number of sulfonamides is 1. The molecule has 4 nitrogen and oxygen atoms in total. The van der Waals surface area contributed by atoms with Crippen molar-refractivity contribution < 1.29 is 13.5 Å². The molecule has 1 saturated carbocycles. The quantitative estimate of drug-likeness (QED) is 0.856. The highest BCUT2D eigenvalue weighted by Crippen LogP contribution is 2.31. The fraction of sp³-hybridized carbons (Fsp3) is 0.571. The zero-order valence-corrected chi connectivity index (χ0v) is 13.9. The molecule has 0 amide bonds. The monoisotopic (exact) mass is 351 g/mol. The second-order valence-corrected chi connectivity index (χ2v) is 7.91. The summed E-state index contributed by atoms with van der Waals surface area (Å²) in [6, 6.07) is 4.53. The normalized spacial score (nSPS) is 23.2. The molecule has 0 saturated heterocycles. The van der Waals surface area contributed by atoms with Crippen molar-refractivity contribution in [2.75, 3.05) is 13.2 Å². The second kappa shape index (κ2) is 7.29. The number of hydrogen-bond acceptors (Lipinski definition) is 3. The van der Waals surface area contributed by atoms with Gasteiger partial charge in [-0.25, -0.2) is 13.1 Å². The molecule has 0 heterocycles. The Labute approximate surface area is 135 Å². The lowest BCUT2D eigenvalue weighted by molar-refractivity contribution is 0.136. The fourth-order valence-electron chi connectivity index (χ4n) is 2.78. The highest BCUT2D eigenvalue weighted by atomic mass is 35.5. The van der Waals surface area contributed by atoms with Crippen LogP contribution in [0.1, 0.15) is 25.7 Å². The average Bonchev–Trinajstić information content (AvgIpc) is 2.48. The van der Waals surface area contributed by atoms with E-state index >= 15 is 0 Å². The van der Waals surface area contributed by atoms with Gasteiger partial charge in [-0.05, 0) is 36.8 Å². The van der Waals surface area contributed by atoms with Gasteiger partial charge in [-0.1, -0.05) is 42.1 Å². The predicted octanol–water partition coefficient (Wildman–Crippen LogP) is 3.07. The summed E-state index contributed by atoms with van der Waals surface area (Å²) in [5, 5.41) is 9.62. The number of aliphatic hydroxyl groups excluding tert-OH is 1. The van der Waals surface area contributed by atoms with Gasteiger partial charge in [-0.15, -0.1) is 0 Å². The topological polar surface area (TPSA) is 66.4 Å². The Hall–Kier alpha value is -0.330. The first kappa shape index (κ1) is 17.0. The van der Waals surface area contributed by atoms with Gasteiger partial charge in [0, 0.05) is 13.2 Å². The Morgan fingerprint density at radius 2 is 1.86 bits per heavy atom. The van der Waals surface area contributed by atoms with E-state index in [1.807, 2.05) is 0 Å². The third-order valence-corrected chi connectivity index (χ3v) is 6.44. The molecular weight excluding hydrogens is 333 g/mol. The Balaban J connectivity index is 2.09. The van der Waals surface area contributed by atoms with E-state index < -0.39 is 10.0 Å². The van der Waals surface area contributed by atoms with E-state index in [9.17, 15) is 13.5 Å². The van der Waals surface area contributed by atoms with Gasteiger partial charge in [-0.3, -0.25) is 0 Å². The lowest BCUT2D eigenvalue weighted by Gasteiger charge is -2.30. The maximum Gasteiger partial charge on any atom is 0.242 e. The first-order chi connectivity index (χ1) is 9.95. The van der Waals surface area contributed by atoms with E-state index in [1.54, 1.807) is 12.1 Å². The summed E-state index contributed by atoms with van der Waals surface area (Å²) in [6.07, 6.45) is 4.03. The number of rotatable bonds is 5. The third kappa shape index (κ3) is 4.11. The molecule has 0 radical (unpaired) electrons. The van der Waals surface area contributed by atoms with E-state index in [-0.39, 0.29) is 33.4 Å². The molecular formula is C14H19Cl2NO3S. The molecule has 7 heteroatoms. The van der Waals surface area contributed by atoms with Gasteiger partial charge >= 0.3 is 0 Å². The molecule has 0 aliphatic heterocycles. The van der Waals surface area contributed by atoms with Crippen LogP contribution in [0.3, 0.4) is 0 Å². The average molecular weight is 352 g/mol. The molecule has 118 valence electrons. The van der Waals surface area contributed by atoms with Crippen LogP contribution in [0.25, 0.3) is 0 Å². The Bertz CT molecular complexity index is 592. The van der Waals surface area contributed by atoms with Crippen molar-refractivity contribution in [1.29, 1.82) is 0 Å². The van der Waals surface area contributed by atoms with E-state index in [4.69, 9.17) is 23.2 Å². The molecule has 0 bridgehead atoms. The Morgan fingerprint density at radius 1 is 1.19 bits per heavy atom. The standard InChI is InChI=1S/C14H19Cl2NO3S/c15-12-6-3-7-13(14(12)16)21(19,20)17-8-10-4-1-2-5-11(10)9-18/h3,6-7,10-11,17-18H,1-2,4-5,8-9H2. The third-order valence-electron chi connectivity index (χ3n) is 4.04. The highest BCUT2D eigenvalue weighted by Gasteiger charge is 2.27. The van der Waals surface area contributed by atoms with Crippen LogP contribution in [0.2, 0.25) is 10.0 Å². The smallest absolute Gasteiger partial charge is 0.242 e. The number of benzene rings is 1. The van der Waals surface area contributed by atoms with Crippen molar-refractivity contribution in [3.63, 3.8) is 0 Å². The summed E-state index contributed by atoms with van der Waals surface area (Å²) in [6.45, 7) is 0.417. The van der Waals surface area contributed by atoms with E-state index in [0.717, 1.165) is 25.7 Å². The summed E-state index contributed by atoms with van der Waals surface area (Å²) in [5.41, 5.74) is 0. The minimum atomic E-state index is -3.69. The number of hydrogen-bond donors (Lipinski definition) is 2. The van der Waals surface area contributed by atoms with Crippen LogP contribution in [-0.2, 0) is 10.0 Å². The lowest BCUT2D eigenvalue weighted by Crippen LogP contribution is -2.35. The maximum absolute atomic E-state index is 12.3. The van der Waals surface area contributed by atoms with Crippen LogP contribution >= 0.6 is 23.2 Å². The van der Waals surface area contributed by atoms with E-state index in [2.05, 4.69) is 4.72 Å². The van der Waals surface area contributed by atoms with Gasteiger partial charge in [0.2, 0.25) is 10.0 Å².